The Balaban J connectivity index is 1.98. The largest absolute Gasteiger partial charge is 0.545 e. The second-order valence-electron chi connectivity index (χ2n) is 4.75. The van der Waals surface area contributed by atoms with Crippen LogP contribution in [-0.2, 0) is 22.4 Å². The van der Waals surface area contributed by atoms with Gasteiger partial charge in [0.2, 0.25) is 5.91 Å². The van der Waals surface area contributed by atoms with E-state index < -0.39 is 11.9 Å². The van der Waals surface area contributed by atoms with Crippen molar-refractivity contribution in [2.75, 3.05) is 5.32 Å². The van der Waals surface area contributed by atoms with Crippen molar-refractivity contribution >= 4 is 28.3 Å². The second kappa shape index (κ2) is 4.81. The lowest BCUT2D eigenvalue weighted by Crippen LogP contribution is -2.20. The van der Waals surface area contributed by atoms with Crippen LogP contribution in [0.15, 0.2) is 42.5 Å². The number of anilines is 1. The van der Waals surface area contributed by atoms with Crippen LogP contribution in [0.3, 0.4) is 0 Å². The van der Waals surface area contributed by atoms with Crippen LogP contribution in [0.25, 0.3) is 10.8 Å². The van der Waals surface area contributed by atoms with E-state index >= 15 is 0 Å². The third kappa shape index (κ3) is 2.16. The number of carboxylic acid groups (broad SMARTS) is 1. The Hall–Kier alpha value is -2.62. The first-order valence-corrected chi connectivity index (χ1v) is 6.38. The van der Waals surface area contributed by atoms with Gasteiger partial charge in [-0.25, -0.2) is 0 Å². The Labute approximate surface area is 115 Å². The minimum atomic E-state index is -1.39. The second-order valence-corrected chi connectivity index (χ2v) is 4.75. The molecule has 2 aromatic rings. The van der Waals surface area contributed by atoms with E-state index in [0.717, 1.165) is 30.4 Å². The molecule has 0 unspecified atom stereocenters. The summed E-state index contributed by atoms with van der Waals surface area (Å²) in [6.07, 6.45) is 3.72. The van der Waals surface area contributed by atoms with E-state index in [1.165, 1.54) is 16.5 Å². The summed E-state index contributed by atoms with van der Waals surface area (Å²) in [6.45, 7) is 0. The van der Waals surface area contributed by atoms with E-state index in [0.29, 0.717) is 5.69 Å². The van der Waals surface area contributed by atoms with Crippen LogP contribution in [0.1, 0.15) is 11.1 Å². The molecule has 1 aliphatic rings. The molecular formula is C16H12NO3-. The number of carbonyl (C=O) groups excluding carboxylic acids is 2. The quantitative estimate of drug-likeness (QED) is 0.848. The molecule has 4 heteroatoms. The monoisotopic (exact) mass is 266 g/mol. The smallest absolute Gasteiger partial charge is 0.248 e. The standard InChI is InChI=1S/C16H13NO3/c18-14(8-9-15(19)20)17-13-7-6-11-5-4-10-2-1-3-12(13)16(10)11/h1-3,6-9H,4-5H2,(H,17,18)(H,19,20)/p-1. The van der Waals surface area contributed by atoms with Crippen molar-refractivity contribution in [3.05, 3.63) is 53.6 Å². The zero-order chi connectivity index (χ0) is 14.1. The van der Waals surface area contributed by atoms with Crippen LogP contribution in [0.4, 0.5) is 5.69 Å². The minimum Gasteiger partial charge on any atom is -0.545 e. The first kappa shape index (κ1) is 12.4. The molecule has 0 atom stereocenters. The summed E-state index contributed by atoms with van der Waals surface area (Å²) in [5.41, 5.74) is 3.28. The average Bonchev–Trinajstić information content (AvgIpc) is 2.85. The molecule has 0 saturated heterocycles. The van der Waals surface area contributed by atoms with Gasteiger partial charge in [0, 0.05) is 17.1 Å². The first-order chi connectivity index (χ1) is 9.65. The molecule has 1 amide bonds. The van der Waals surface area contributed by atoms with Crippen LogP contribution >= 0.6 is 0 Å². The topological polar surface area (TPSA) is 69.2 Å². The van der Waals surface area contributed by atoms with E-state index in [1.54, 1.807) is 0 Å². The van der Waals surface area contributed by atoms with Gasteiger partial charge in [0.15, 0.2) is 0 Å². The van der Waals surface area contributed by atoms with Gasteiger partial charge in [-0.15, -0.1) is 0 Å². The van der Waals surface area contributed by atoms with Gasteiger partial charge in [-0.2, -0.15) is 0 Å². The number of carbonyl (C=O) groups is 2. The van der Waals surface area contributed by atoms with Gasteiger partial charge in [-0.05, 0) is 41.5 Å². The van der Waals surface area contributed by atoms with Crippen LogP contribution in [0, 0.1) is 0 Å². The molecule has 1 aliphatic carbocycles. The Bertz CT molecular complexity index is 736. The third-order valence-electron chi connectivity index (χ3n) is 3.51. The van der Waals surface area contributed by atoms with Crippen molar-refractivity contribution in [3.63, 3.8) is 0 Å². The van der Waals surface area contributed by atoms with E-state index in [9.17, 15) is 14.7 Å². The molecule has 0 radical (unpaired) electrons. The van der Waals surface area contributed by atoms with Crippen LogP contribution in [0.5, 0.6) is 0 Å². The number of benzene rings is 2. The highest BCUT2D eigenvalue weighted by molar-refractivity contribution is 6.09. The predicted octanol–water partition coefficient (Wildman–Crippen LogP) is 1.18. The number of aryl methyl sites for hydroxylation is 2. The number of amides is 1. The summed E-state index contributed by atoms with van der Waals surface area (Å²) in [7, 11) is 0. The summed E-state index contributed by atoms with van der Waals surface area (Å²) in [5, 5.41) is 15.2. The minimum absolute atomic E-state index is 0.479. The van der Waals surface area contributed by atoms with Crippen molar-refractivity contribution in [2.24, 2.45) is 0 Å². The molecule has 0 saturated carbocycles. The van der Waals surface area contributed by atoms with Crippen molar-refractivity contribution in [3.8, 4) is 0 Å². The normalized spacial score (nSPS) is 13.0. The van der Waals surface area contributed by atoms with Crippen molar-refractivity contribution in [1.82, 2.24) is 0 Å². The Morgan fingerprint density at radius 1 is 1.05 bits per heavy atom. The Morgan fingerprint density at radius 3 is 2.55 bits per heavy atom. The SMILES string of the molecule is O=C([O-])C=CC(=O)Nc1ccc2c3c(cccc13)CC2. The fourth-order valence-electron chi connectivity index (χ4n) is 2.67. The molecule has 0 bridgehead atoms. The summed E-state index contributed by atoms with van der Waals surface area (Å²) in [5.74, 6) is -1.87. The van der Waals surface area contributed by atoms with E-state index in [1.807, 2.05) is 24.3 Å². The van der Waals surface area contributed by atoms with E-state index in [-0.39, 0.29) is 0 Å². The van der Waals surface area contributed by atoms with Crippen molar-refractivity contribution in [2.45, 2.75) is 12.8 Å². The van der Waals surface area contributed by atoms with Crippen LogP contribution in [0.2, 0.25) is 0 Å². The Kier molecular flexibility index (Phi) is 2.99. The third-order valence-corrected chi connectivity index (χ3v) is 3.51. The summed E-state index contributed by atoms with van der Waals surface area (Å²) in [4.78, 5) is 21.9. The summed E-state index contributed by atoms with van der Waals surface area (Å²) in [6, 6.07) is 9.90. The van der Waals surface area contributed by atoms with Crippen LogP contribution < -0.4 is 10.4 Å². The molecule has 0 aliphatic heterocycles. The molecule has 0 fully saturated rings. The van der Waals surface area contributed by atoms with Crippen molar-refractivity contribution < 1.29 is 14.7 Å². The Morgan fingerprint density at radius 2 is 1.80 bits per heavy atom. The van der Waals surface area contributed by atoms with Gasteiger partial charge in [0.05, 0.1) is 5.97 Å². The zero-order valence-electron chi connectivity index (χ0n) is 10.7. The lowest BCUT2D eigenvalue weighted by molar-refractivity contribution is -0.297. The molecule has 0 heterocycles. The molecule has 4 nitrogen and oxygen atoms in total. The predicted molar refractivity (Wildman–Crippen MR) is 74.1 cm³/mol. The van der Waals surface area contributed by atoms with Gasteiger partial charge < -0.3 is 15.2 Å². The van der Waals surface area contributed by atoms with Crippen molar-refractivity contribution in [1.29, 1.82) is 0 Å². The molecule has 2 aromatic carbocycles. The zero-order valence-corrected chi connectivity index (χ0v) is 10.7. The molecule has 0 aromatic heterocycles. The van der Waals surface area contributed by atoms with E-state index in [2.05, 4.69) is 11.4 Å². The lowest BCUT2D eigenvalue weighted by Gasteiger charge is -2.09. The van der Waals surface area contributed by atoms with E-state index in [4.69, 9.17) is 0 Å². The highest BCUT2D eigenvalue weighted by atomic mass is 16.4. The average molecular weight is 266 g/mol. The number of hydrogen-bond acceptors (Lipinski definition) is 3. The number of nitrogens with one attached hydrogen (secondary N) is 1. The number of rotatable bonds is 3. The molecule has 3 rings (SSSR count). The maximum absolute atomic E-state index is 11.7. The van der Waals surface area contributed by atoms with Gasteiger partial charge in [0.1, 0.15) is 0 Å². The highest BCUT2D eigenvalue weighted by Gasteiger charge is 2.15. The number of aliphatic carboxylic acids is 1. The maximum atomic E-state index is 11.7. The van der Waals surface area contributed by atoms with Gasteiger partial charge in [-0.3, -0.25) is 4.79 Å². The number of hydrogen-bond donors (Lipinski definition) is 1. The number of carboxylic acids is 1. The lowest BCUT2D eigenvalue weighted by atomic mass is 10.0. The van der Waals surface area contributed by atoms with Crippen LogP contribution in [-0.4, -0.2) is 11.9 Å². The molecule has 100 valence electrons. The van der Waals surface area contributed by atoms with Gasteiger partial charge in [0.25, 0.3) is 0 Å². The fraction of sp³-hybridized carbons (Fsp3) is 0.125. The molecule has 20 heavy (non-hydrogen) atoms. The van der Waals surface area contributed by atoms with Gasteiger partial charge >= 0.3 is 0 Å². The van der Waals surface area contributed by atoms with Gasteiger partial charge in [-0.1, -0.05) is 24.3 Å². The molecule has 1 N–H and O–H groups in total. The first-order valence-electron chi connectivity index (χ1n) is 6.38. The summed E-state index contributed by atoms with van der Waals surface area (Å²) >= 11 is 0. The maximum Gasteiger partial charge on any atom is 0.248 e. The summed E-state index contributed by atoms with van der Waals surface area (Å²) < 4.78 is 0. The fourth-order valence-corrected chi connectivity index (χ4v) is 2.67. The molecule has 0 spiro atoms. The highest BCUT2D eigenvalue weighted by Crippen LogP contribution is 2.34. The molecular weight excluding hydrogens is 254 g/mol.